The smallest absolute Gasteiger partial charge is 0.0752 e. The van der Waals surface area contributed by atoms with Crippen LogP contribution in [0, 0.1) is 13.8 Å². The minimum atomic E-state index is 1.07. The lowest BCUT2D eigenvalue weighted by molar-refractivity contribution is 1.30. The first-order valence-electron chi connectivity index (χ1n) is 7.18. The molecule has 4 aromatic rings. The van der Waals surface area contributed by atoms with Gasteiger partial charge in [-0.2, -0.15) is 0 Å². The van der Waals surface area contributed by atoms with E-state index in [0.29, 0.717) is 0 Å². The van der Waals surface area contributed by atoms with E-state index in [1.807, 2.05) is 12.3 Å². The van der Waals surface area contributed by atoms with E-state index < -0.39 is 0 Å². The molecular weight excluding hydrogens is 256 g/mol. The summed E-state index contributed by atoms with van der Waals surface area (Å²) in [6, 6.07) is 16.8. The van der Waals surface area contributed by atoms with Crippen molar-refractivity contribution in [2.75, 3.05) is 0 Å². The fourth-order valence-electron chi connectivity index (χ4n) is 3.12. The average molecular weight is 272 g/mol. The molecule has 4 rings (SSSR count). The average Bonchev–Trinajstić information content (AvgIpc) is 2.85. The molecule has 102 valence electrons. The number of pyridine rings is 1. The molecule has 0 aliphatic carbocycles. The van der Waals surface area contributed by atoms with Crippen molar-refractivity contribution < 1.29 is 0 Å². The molecule has 0 aliphatic heterocycles. The van der Waals surface area contributed by atoms with Crippen LogP contribution in [-0.4, -0.2) is 9.97 Å². The zero-order chi connectivity index (χ0) is 14.4. The lowest BCUT2D eigenvalue weighted by Gasteiger charge is -2.04. The molecule has 2 heteroatoms. The second-order valence-corrected chi connectivity index (χ2v) is 5.51. The van der Waals surface area contributed by atoms with Crippen LogP contribution < -0.4 is 0 Å². The molecule has 0 radical (unpaired) electrons. The largest absolute Gasteiger partial charge is 0.357 e. The van der Waals surface area contributed by atoms with E-state index in [2.05, 4.69) is 66.3 Å². The van der Waals surface area contributed by atoms with Crippen molar-refractivity contribution in [1.82, 2.24) is 9.97 Å². The number of para-hydroxylation sites is 1. The molecule has 2 nitrogen and oxygen atoms in total. The SMILES string of the molecule is Cc1[nH]c2c(cnc3c(C)cccc32)c1-c1ccccc1. The minimum Gasteiger partial charge on any atom is -0.357 e. The van der Waals surface area contributed by atoms with E-state index >= 15 is 0 Å². The number of fused-ring (bicyclic) bond motifs is 3. The fraction of sp³-hybridized carbons (Fsp3) is 0.105. The van der Waals surface area contributed by atoms with Crippen LogP contribution in [0.3, 0.4) is 0 Å². The van der Waals surface area contributed by atoms with E-state index in [-0.39, 0.29) is 0 Å². The van der Waals surface area contributed by atoms with Crippen LogP contribution >= 0.6 is 0 Å². The summed E-state index contributed by atoms with van der Waals surface area (Å²) in [6.45, 7) is 4.24. The Balaban J connectivity index is 2.13. The van der Waals surface area contributed by atoms with Gasteiger partial charge in [0.1, 0.15) is 0 Å². The van der Waals surface area contributed by atoms with Crippen LogP contribution in [0.15, 0.2) is 54.7 Å². The summed E-state index contributed by atoms with van der Waals surface area (Å²) in [5.74, 6) is 0. The van der Waals surface area contributed by atoms with E-state index in [1.54, 1.807) is 0 Å². The van der Waals surface area contributed by atoms with Gasteiger partial charge in [0.15, 0.2) is 0 Å². The molecule has 2 heterocycles. The summed E-state index contributed by atoms with van der Waals surface area (Å²) < 4.78 is 0. The predicted molar refractivity (Wildman–Crippen MR) is 88.5 cm³/mol. The molecule has 2 aromatic carbocycles. The Morgan fingerprint density at radius 1 is 0.857 bits per heavy atom. The lowest BCUT2D eigenvalue weighted by atomic mass is 10.0. The zero-order valence-corrected chi connectivity index (χ0v) is 12.1. The second kappa shape index (κ2) is 4.45. The molecule has 0 amide bonds. The van der Waals surface area contributed by atoms with Crippen LogP contribution in [0.25, 0.3) is 32.9 Å². The molecule has 0 fully saturated rings. The molecule has 1 N–H and O–H groups in total. The molecule has 0 spiro atoms. The van der Waals surface area contributed by atoms with Crippen molar-refractivity contribution in [3.05, 3.63) is 66.0 Å². The summed E-state index contributed by atoms with van der Waals surface area (Å²) in [7, 11) is 0. The zero-order valence-electron chi connectivity index (χ0n) is 12.1. The number of benzene rings is 2. The first kappa shape index (κ1) is 12.2. The third-order valence-corrected chi connectivity index (χ3v) is 4.12. The van der Waals surface area contributed by atoms with Gasteiger partial charge in [0.2, 0.25) is 0 Å². The Morgan fingerprint density at radius 3 is 2.48 bits per heavy atom. The minimum absolute atomic E-state index is 1.07. The molecule has 0 bridgehead atoms. The van der Waals surface area contributed by atoms with Crippen LogP contribution in [0.5, 0.6) is 0 Å². The molecule has 2 aromatic heterocycles. The van der Waals surface area contributed by atoms with Gasteiger partial charge in [-0.25, -0.2) is 0 Å². The number of nitrogens with one attached hydrogen (secondary N) is 1. The quantitative estimate of drug-likeness (QED) is 0.519. The van der Waals surface area contributed by atoms with Gasteiger partial charge < -0.3 is 4.98 Å². The predicted octanol–water partition coefficient (Wildman–Crippen LogP) is 5.00. The topological polar surface area (TPSA) is 28.7 Å². The van der Waals surface area contributed by atoms with Crippen molar-refractivity contribution in [2.24, 2.45) is 0 Å². The Kier molecular flexibility index (Phi) is 2.58. The van der Waals surface area contributed by atoms with E-state index in [4.69, 9.17) is 0 Å². The Morgan fingerprint density at radius 2 is 1.67 bits per heavy atom. The number of rotatable bonds is 1. The Hall–Kier alpha value is -2.61. The molecule has 0 aliphatic rings. The summed E-state index contributed by atoms with van der Waals surface area (Å²) in [5.41, 5.74) is 7.14. The van der Waals surface area contributed by atoms with Crippen molar-refractivity contribution in [1.29, 1.82) is 0 Å². The maximum Gasteiger partial charge on any atom is 0.0752 e. The summed E-state index contributed by atoms with van der Waals surface area (Å²) >= 11 is 0. The van der Waals surface area contributed by atoms with Gasteiger partial charge in [-0.05, 0) is 25.0 Å². The highest BCUT2D eigenvalue weighted by Gasteiger charge is 2.13. The second-order valence-electron chi connectivity index (χ2n) is 5.51. The number of aryl methyl sites for hydroxylation is 2. The number of hydrogen-bond donors (Lipinski definition) is 1. The van der Waals surface area contributed by atoms with Gasteiger partial charge in [0, 0.05) is 28.2 Å². The molecule has 0 saturated carbocycles. The number of aromatic nitrogens is 2. The first-order chi connectivity index (χ1) is 10.3. The van der Waals surface area contributed by atoms with Gasteiger partial charge >= 0.3 is 0 Å². The molecule has 0 saturated heterocycles. The maximum atomic E-state index is 4.69. The summed E-state index contributed by atoms with van der Waals surface area (Å²) in [5, 5.41) is 2.38. The van der Waals surface area contributed by atoms with Crippen LogP contribution in [-0.2, 0) is 0 Å². The third kappa shape index (κ3) is 1.76. The molecule has 0 unspecified atom stereocenters. The number of hydrogen-bond acceptors (Lipinski definition) is 1. The van der Waals surface area contributed by atoms with Gasteiger partial charge in [0.25, 0.3) is 0 Å². The molecule has 0 atom stereocenters. The number of aromatic amines is 1. The van der Waals surface area contributed by atoms with Gasteiger partial charge in [0.05, 0.1) is 11.0 Å². The number of H-pyrrole nitrogens is 1. The first-order valence-corrected chi connectivity index (χ1v) is 7.18. The van der Waals surface area contributed by atoms with Crippen LogP contribution in [0.2, 0.25) is 0 Å². The Bertz CT molecular complexity index is 950. The van der Waals surface area contributed by atoms with Crippen LogP contribution in [0.1, 0.15) is 11.3 Å². The highest BCUT2D eigenvalue weighted by molar-refractivity contribution is 6.10. The molecular formula is C19H16N2. The van der Waals surface area contributed by atoms with Gasteiger partial charge in [-0.1, -0.05) is 48.5 Å². The monoisotopic (exact) mass is 272 g/mol. The van der Waals surface area contributed by atoms with E-state index in [1.165, 1.54) is 38.7 Å². The van der Waals surface area contributed by atoms with Crippen molar-refractivity contribution in [3.8, 4) is 11.1 Å². The van der Waals surface area contributed by atoms with Crippen molar-refractivity contribution in [3.63, 3.8) is 0 Å². The Labute approximate surface area is 123 Å². The van der Waals surface area contributed by atoms with E-state index in [0.717, 1.165) is 5.52 Å². The fourth-order valence-corrected chi connectivity index (χ4v) is 3.12. The third-order valence-electron chi connectivity index (χ3n) is 4.12. The standard InChI is InChI=1S/C19H16N2/c1-12-7-6-10-15-18(12)20-11-16-17(13(2)21-19(15)16)14-8-4-3-5-9-14/h3-11,21H,1-2H3. The summed E-state index contributed by atoms with van der Waals surface area (Å²) in [4.78, 5) is 8.24. The van der Waals surface area contributed by atoms with Gasteiger partial charge in [-0.3, -0.25) is 4.98 Å². The number of nitrogens with zero attached hydrogens (tertiary/aromatic N) is 1. The molecule has 21 heavy (non-hydrogen) atoms. The van der Waals surface area contributed by atoms with Crippen molar-refractivity contribution in [2.45, 2.75) is 13.8 Å². The maximum absolute atomic E-state index is 4.69. The van der Waals surface area contributed by atoms with Crippen molar-refractivity contribution >= 4 is 21.8 Å². The highest BCUT2D eigenvalue weighted by Crippen LogP contribution is 2.35. The normalized spacial score (nSPS) is 11.3. The van der Waals surface area contributed by atoms with Gasteiger partial charge in [-0.15, -0.1) is 0 Å². The highest BCUT2D eigenvalue weighted by atomic mass is 14.8. The van der Waals surface area contributed by atoms with Crippen LogP contribution in [0.4, 0.5) is 0 Å². The lowest BCUT2D eigenvalue weighted by Crippen LogP contribution is -1.84. The van der Waals surface area contributed by atoms with E-state index in [9.17, 15) is 0 Å². The summed E-state index contributed by atoms with van der Waals surface area (Å²) in [6.07, 6.45) is 2.00.